The van der Waals surface area contributed by atoms with Gasteiger partial charge in [-0.3, -0.25) is 24.6 Å². The number of anilines is 4. The molecule has 5 aliphatic heterocycles. The number of amides is 5. The van der Waals surface area contributed by atoms with Gasteiger partial charge in [-0.15, -0.1) is 0 Å². The summed E-state index contributed by atoms with van der Waals surface area (Å²) in [5.74, 6) is 0.451. The minimum absolute atomic E-state index is 0.0505. The Hall–Kier alpha value is -5.46. The molecule has 3 aromatic rings. The molecule has 5 amide bonds. The van der Waals surface area contributed by atoms with E-state index < -0.39 is 6.04 Å². The van der Waals surface area contributed by atoms with E-state index in [0.717, 1.165) is 75.6 Å². The van der Waals surface area contributed by atoms with Gasteiger partial charge in [0.15, 0.2) is 0 Å². The first-order valence-electron chi connectivity index (χ1n) is 19.9. The third-order valence-corrected chi connectivity index (χ3v) is 12.5. The zero-order chi connectivity index (χ0) is 39.8. The van der Waals surface area contributed by atoms with Crippen LogP contribution in [0.15, 0.2) is 48.8 Å². The van der Waals surface area contributed by atoms with Crippen LogP contribution in [0, 0.1) is 17.2 Å². The van der Waals surface area contributed by atoms with E-state index in [2.05, 4.69) is 59.3 Å². The Morgan fingerprint density at radius 3 is 2.33 bits per heavy atom. The molecule has 298 valence electrons. The molecule has 6 heterocycles. The SMILES string of the molecule is C[C@@H]1CN(c2ccc(C#N)c(Cl)c2)[C@@H](C)CN1C(=O)Nc1cnc(N2CCC(CN3CCN(c4ccc5c(c4)CN([C@H]4CCC(=O)NC4=O)C5=O)CC3)CC2)nc1. The molecule has 0 radical (unpaired) electrons. The number of urea groups is 1. The highest BCUT2D eigenvalue weighted by Crippen LogP contribution is 2.32. The third kappa shape index (κ3) is 8.06. The first-order chi connectivity index (χ1) is 27.5. The fraction of sp³-hybridized carbons (Fsp3) is 0.488. The fourth-order valence-electron chi connectivity index (χ4n) is 8.91. The zero-order valence-electron chi connectivity index (χ0n) is 32.4. The summed E-state index contributed by atoms with van der Waals surface area (Å²) in [5.41, 5.74) is 4.60. The van der Waals surface area contributed by atoms with E-state index in [4.69, 9.17) is 11.6 Å². The number of carbonyl (C=O) groups excluding carboxylic acids is 4. The van der Waals surface area contributed by atoms with Gasteiger partial charge in [-0.2, -0.15) is 5.26 Å². The maximum absolute atomic E-state index is 13.3. The zero-order valence-corrected chi connectivity index (χ0v) is 33.1. The average Bonchev–Trinajstić information content (AvgIpc) is 3.54. The van der Waals surface area contributed by atoms with E-state index >= 15 is 0 Å². The molecule has 0 spiro atoms. The van der Waals surface area contributed by atoms with Crippen LogP contribution >= 0.6 is 11.6 Å². The van der Waals surface area contributed by atoms with Gasteiger partial charge in [0.1, 0.15) is 12.1 Å². The molecule has 57 heavy (non-hydrogen) atoms. The quantitative estimate of drug-likeness (QED) is 0.334. The van der Waals surface area contributed by atoms with Gasteiger partial charge in [-0.05, 0) is 81.0 Å². The van der Waals surface area contributed by atoms with Crippen LogP contribution < -0.4 is 25.3 Å². The van der Waals surface area contributed by atoms with Crippen LogP contribution in [0.5, 0.6) is 0 Å². The first kappa shape index (κ1) is 38.4. The van der Waals surface area contributed by atoms with E-state index in [-0.39, 0.29) is 42.3 Å². The van der Waals surface area contributed by atoms with Gasteiger partial charge in [0.25, 0.3) is 5.91 Å². The van der Waals surface area contributed by atoms with Crippen LogP contribution in [0.2, 0.25) is 5.02 Å². The molecular weight excluding hydrogens is 746 g/mol. The van der Waals surface area contributed by atoms with Gasteiger partial charge in [-0.25, -0.2) is 14.8 Å². The predicted octanol–water partition coefficient (Wildman–Crippen LogP) is 3.93. The number of nitrogens with zero attached hydrogens (tertiary/aromatic N) is 9. The lowest BCUT2D eigenvalue weighted by atomic mass is 9.96. The monoisotopic (exact) mass is 793 g/mol. The lowest BCUT2D eigenvalue weighted by Crippen LogP contribution is -2.59. The minimum Gasteiger partial charge on any atom is -0.369 e. The van der Waals surface area contributed by atoms with Crippen LogP contribution in [-0.2, 0) is 16.1 Å². The van der Waals surface area contributed by atoms with Crippen molar-refractivity contribution in [3.63, 3.8) is 0 Å². The molecule has 0 bridgehead atoms. The van der Waals surface area contributed by atoms with Gasteiger partial charge in [0.05, 0.1) is 28.7 Å². The van der Waals surface area contributed by atoms with E-state index in [1.54, 1.807) is 23.4 Å². The molecule has 2 N–H and O–H groups in total. The molecule has 8 rings (SSSR count). The van der Waals surface area contributed by atoms with Gasteiger partial charge < -0.3 is 29.8 Å². The van der Waals surface area contributed by atoms with Crippen molar-refractivity contribution in [1.82, 2.24) is 30.0 Å². The van der Waals surface area contributed by atoms with Crippen molar-refractivity contribution in [3.8, 4) is 6.07 Å². The fourth-order valence-corrected chi connectivity index (χ4v) is 9.13. The number of carbonyl (C=O) groups is 4. The van der Waals surface area contributed by atoms with Crippen LogP contribution in [0.25, 0.3) is 0 Å². The van der Waals surface area contributed by atoms with Crippen molar-refractivity contribution in [2.45, 2.75) is 64.2 Å². The van der Waals surface area contributed by atoms with Crippen molar-refractivity contribution in [2.75, 3.05) is 78.9 Å². The smallest absolute Gasteiger partial charge is 0.322 e. The molecule has 3 atom stereocenters. The van der Waals surface area contributed by atoms with Crippen LogP contribution in [0.1, 0.15) is 61.0 Å². The summed E-state index contributed by atoms with van der Waals surface area (Å²) in [6, 6.07) is 12.7. The lowest BCUT2D eigenvalue weighted by Gasteiger charge is -2.45. The number of fused-ring (bicyclic) bond motifs is 1. The van der Waals surface area contributed by atoms with Crippen molar-refractivity contribution in [3.05, 3.63) is 70.5 Å². The molecule has 4 fully saturated rings. The first-order valence-corrected chi connectivity index (χ1v) is 20.3. The summed E-state index contributed by atoms with van der Waals surface area (Å²) in [7, 11) is 0. The molecule has 2 aromatic carbocycles. The molecular formula is C41H48ClN11O4. The Bertz CT molecular complexity index is 2080. The summed E-state index contributed by atoms with van der Waals surface area (Å²) >= 11 is 6.30. The number of hydrogen-bond acceptors (Lipinski definition) is 11. The van der Waals surface area contributed by atoms with Gasteiger partial charge in [-0.1, -0.05) is 11.6 Å². The normalized spacial score (nSPS) is 23.4. The summed E-state index contributed by atoms with van der Waals surface area (Å²) in [4.78, 5) is 72.6. The summed E-state index contributed by atoms with van der Waals surface area (Å²) in [6.07, 6.45) is 6.09. The standard InChI is InChI=1S/C41H48ClN11O4/c1-26-23-52(27(2)22-51(26)33-4-3-29(19-43)35(42)18-33)41(57)46-31-20-44-40(45-21-31)50-11-9-28(10-12-50)24-48-13-15-49(16-14-48)32-5-6-34-30(17-32)25-53(39(34)56)36-7-8-37(54)47-38(36)55/h3-6,17-18,20-21,26-28,36H,7-16,22-25H2,1-2H3,(H,46,57)(H,47,54,55)/t26-,27+,36-/m0/s1. The van der Waals surface area contributed by atoms with Gasteiger partial charge in [0, 0.05) is 101 Å². The molecule has 16 heteroatoms. The second-order valence-corrected chi connectivity index (χ2v) is 16.3. The third-order valence-electron chi connectivity index (χ3n) is 12.2. The number of piperazine rings is 2. The highest BCUT2D eigenvalue weighted by molar-refractivity contribution is 6.32. The Labute approximate surface area is 337 Å². The second-order valence-electron chi connectivity index (χ2n) is 15.9. The Morgan fingerprint density at radius 2 is 1.63 bits per heavy atom. The Morgan fingerprint density at radius 1 is 0.895 bits per heavy atom. The molecule has 5 aliphatic rings. The average molecular weight is 794 g/mol. The number of piperidine rings is 2. The maximum atomic E-state index is 13.3. The summed E-state index contributed by atoms with van der Waals surface area (Å²) in [5, 5.41) is 15.0. The van der Waals surface area contributed by atoms with E-state index in [0.29, 0.717) is 59.8 Å². The predicted molar refractivity (Wildman–Crippen MR) is 216 cm³/mol. The van der Waals surface area contributed by atoms with E-state index in [9.17, 15) is 24.4 Å². The molecule has 1 aromatic heterocycles. The summed E-state index contributed by atoms with van der Waals surface area (Å²) < 4.78 is 0. The van der Waals surface area contributed by atoms with Crippen LogP contribution in [0.4, 0.5) is 27.8 Å². The Kier molecular flexibility index (Phi) is 10.9. The van der Waals surface area contributed by atoms with Crippen molar-refractivity contribution in [1.29, 1.82) is 5.26 Å². The van der Waals surface area contributed by atoms with Crippen molar-refractivity contribution in [2.24, 2.45) is 5.92 Å². The number of halogens is 1. The summed E-state index contributed by atoms with van der Waals surface area (Å²) in [6.45, 7) is 12.2. The van der Waals surface area contributed by atoms with Gasteiger partial charge in [0.2, 0.25) is 17.8 Å². The van der Waals surface area contributed by atoms with Crippen molar-refractivity contribution >= 4 is 58.4 Å². The second kappa shape index (κ2) is 16.2. The number of nitrogens with one attached hydrogen (secondary N) is 2. The van der Waals surface area contributed by atoms with Gasteiger partial charge >= 0.3 is 6.03 Å². The molecule has 0 saturated carbocycles. The highest BCUT2D eigenvalue weighted by Gasteiger charge is 2.39. The number of aromatic nitrogens is 2. The number of imide groups is 1. The molecule has 0 unspecified atom stereocenters. The number of rotatable bonds is 7. The molecule has 15 nitrogen and oxygen atoms in total. The van der Waals surface area contributed by atoms with Crippen molar-refractivity contribution < 1.29 is 19.2 Å². The van der Waals surface area contributed by atoms with E-state index in [1.165, 1.54) is 0 Å². The number of nitriles is 1. The minimum atomic E-state index is -0.606. The lowest BCUT2D eigenvalue weighted by molar-refractivity contribution is -0.136. The topological polar surface area (TPSA) is 161 Å². The molecule has 4 saturated heterocycles. The Balaban J connectivity index is 0.769. The number of benzene rings is 2. The van der Waals surface area contributed by atoms with Crippen LogP contribution in [0.3, 0.4) is 0 Å². The molecule has 0 aliphatic carbocycles. The number of hydrogen-bond donors (Lipinski definition) is 2. The highest BCUT2D eigenvalue weighted by atomic mass is 35.5. The largest absolute Gasteiger partial charge is 0.369 e. The van der Waals surface area contributed by atoms with E-state index in [1.807, 2.05) is 36.1 Å². The van der Waals surface area contributed by atoms with Crippen LogP contribution in [-0.4, -0.2) is 125 Å². The maximum Gasteiger partial charge on any atom is 0.322 e.